The molecule has 1 heterocycles. The number of nitrogens with zero attached hydrogens (tertiary/aromatic N) is 1. The zero-order valence-electron chi connectivity index (χ0n) is 31.5. The number of hydrogen-bond donors (Lipinski definition) is 0. The van der Waals surface area contributed by atoms with Crippen LogP contribution in [0.15, 0.2) is 206 Å². The summed E-state index contributed by atoms with van der Waals surface area (Å²) in [5.41, 5.74) is 9.41. The van der Waals surface area contributed by atoms with E-state index in [-0.39, 0.29) is 0 Å². The molecule has 0 bridgehead atoms. The Morgan fingerprint density at radius 2 is 1.04 bits per heavy atom. The first kappa shape index (κ1) is 34.5. The lowest BCUT2D eigenvalue weighted by molar-refractivity contribution is 1.23. The van der Waals surface area contributed by atoms with Crippen LogP contribution >= 0.6 is 11.3 Å². The summed E-state index contributed by atoms with van der Waals surface area (Å²) >= 11 is 1.80. The van der Waals surface area contributed by atoms with E-state index in [0.29, 0.717) is 0 Å². The van der Waals surface area contributed by atoms with E-state index in [1.165, 1.54) is 74.8 Å². The molecule has 1 aromatic heterocycles. The van der Waals surface area contributed by atoms with Gasteiger partial charge in [0.05, 0.1) is 0 Å². The van der Waals surface area contributed by atoms with E-state index >= 15 is 0 Å². The fourth-order valence-electron chi connectivity index (χ4n) is 8.13. The largest absolute Gasteiger partial charge is 0.310 e. The summed E-state index contributed by atoms with van der Waals surface area (Å²) in [6.45, 7) is 4.35. The van der Waals surface area contributed by atoms with Crippen molar-refractivity contribution in [3.05, 3.63) is 222 Å². The molecule has 0 saturated carbocycles. The molecule has 0 aliphatic rings. The van der Waals surface area contributed by atoms with Gasteiger partial charge in [0.1, 0.15) is 0 Å². The maximum atomic E-state index is 4.35. The van der Waals surface area contributed by atoms with Crippen molar-refractivity contribution in [1.29, 1.82) is 0 Å². The third kappa shape index (κ3) is 6.71. The van der Waals surface area contributed by atoms with Gasteiger partial charge in [-0.2, -0.15) is 0 Å². The van der Waals surface area contributed by atoms with Gasteiger partial charge in [-0.15, -0.1) is 11.3 Å². The average molecular weight is 746 g/mol. The second-order valence-electron chi connectivity index (χ2n) is 14.6. The van der Waals surface area contributed by atoms with Gasteiger partial charge in [0.2, 0.25) is 0 Å². The average Bonchev–Trinajstić information content (AvgIpc) is 3.60. The molecule has 270 valence electrons. The van der Waals surface area contributed by atoms with Crippen LogP contribution in [0, 0.1) is 0 Å². The lowest BCUT2D eigenvalue weighted by Crippen LogP contribution is -2.15. The normalized spacial score (nSPS) is 12.0. The van der Waals surface area contributed by atoms with E-state index in [4.69, 9.17) is 0 Å². The highest BCUT2D eigenvalue weighted by molar-refractivity contribution is 7.17. The lowest BCUT2D eigenvalue weighted by atomic mass is 9.95. The molecule has 0 atom stereocenters. The van der Waals surface area contributed by atoms with Crippen molar-refractivity contribution >= 4 is 83.5 Å². The number of hydrogen-bond acceptors (Lipinski definition) is 2. The van der Waals surface area contributed by atoms with Crippen molar-refractivity contribution in [3.8, 4) is 22.3 Å². The van der Waals surface area contributed by atoms with Gasteiger partial charge < -0.3 is 4.90 Å². The molecule has 57 heavy (non-hydrogen) atoms. The van der Waals surface area contributed by atoms with Gasteiger partial charge in [0.15, 0.2) is 0 Å². The highest BCUT2D eigenvalue weighted by Crippen LogP contribution is 2.38. The Balaban J connectivity index is 0.974. The number of rotatable bonds is 8. The highest BCUT2D eigenvalue weighted by atomic mass is 32.1. The monoisotopic (exact) mass is 745 g/mol. The number of allylic oxidation sites excluding steroid dienone is 2. The molecule has 0 aliphatic heterocycles. The van der Waals surface area contributed by atoms with E-state index < -0.39 is 0 Å². The number of benzene rings is 9. The molecular formula is C55H39NS. The van der Waals surface area contributed by atoms with Gasteiger partial charge in [-0.3, -0.25) is 0 Å². The summed E-state index contributed by atoms with van der Waals surface area (Å²) in [6.07, 6.45) is 7.43. The summed E-state index contributed by atoms with van der Waals surface area (Å²) in [6, 6.07) is 70.5. The van der Waals surface area contributed by atoms with Crippen LogP contribution in [0.4, 0.5) is 17.1 Å². The van der Waals surface area contributed by atoms with Gasteiger partial charge >= 0.3 is 0 Å². The molecule has 2 heteroatoms. The molecule has 0 N–H and O–H groups in total. The van der Waals surface area contributed by atoms with Crippen molar-refractivity contribution in [2.24, 2.45) is 0 Å². The second kappa shape index (κ2) is 14.9. The highest BCUT2D eigenvalue weighted by Gasteiger charge is 2.14. The van der Waals surface area contributed by atoms with Crippen LogP contribution < -0.4 is 14.7 Å². The van der Waals surface area contributed by atoms with Crippen LogP contribution in [0.2, 0.25) is 0 Å². The zero-order chi connectivity index (χ0) is 38.1. The van der Waals surface area contributed by atoms with Crippen LogP contribution in [0.5, 0.6) is 0 Å². The van der Waals surface area contributed by atoms with E-state index in [0.717, 1.165) is 28.7 Å². The maximum Gasteiger partial charge on any atom is 0.0464 e. The molecule has 10 aromatic rings. The molecule has 0 saturated heterocycles. The van der Waals surface area contributed by atoms with Crippen LogP contribution in [0.25, 0.3) is 77.3 Å². The summed E-state index contributed by atoms with van der Waals surface area (Å²) in [5.74, 6) is 0. The molecule has 10 rings (SSSR count). The van der Waals surface area contributed by atoms with Crippen molar-refractivity contribution in [2.45, 2.75) is 6.42 Å². The Morgan fingerprint density at radius 1 is 0.439 bits per heavy atom. The van der Waals surface area contributed by atoms with E-state index in [1.807, 2.05) is 0 Å². The lowest BCUT2D eigenvalue weighted by Gasteiger charge is -2.26. The molecule has 0 radical (unpaired) electrons. The number of fused-ring (bicyclic) bond motifs is 6. The zero-order valence-corrected chi connectivity index (χ0v) is 32.3. The smallest absolute Gasteiger partial charge is 0.0464 e. The van der Waals surface area contributed by atoms with E-state index in [9.17, 15) is 0 Å². The fraction of sp³-hybridized carbons (Fsp3) is 0.0182. The summed E-state index contributed by atoms with van der Waals surface area (Å²) in [4.78, 5) is 2.36. The first-order valence-electron chi connectivity index (χ1n) is 19.5. The Bertz CT molecular complexity index is 3210. The summed E-state index contributed by atoms with van der Waals surface area (Å²) < 4.78 is 2.49. The summed E-state index contributed by atoms with van der Waals surface area (Å²) in [5, 5.41) is 10.0. The number of thiophene rings is 1. The molecule has 0 spiro atoms. The molecule has 0 aliphatic carbocycles. The topological polar surface area (TPSA) is 3.24 Å². The van der Waals surface area contributed by atoms with Gasteiger partial charge in [0.25, 0.3) is 0 Å². The van der Waals surface area contributed by atoms with Crippen LogP contribution in [0.3, 0.4) is 0 Å². The maximum absolute atomic E-state index is 4.35. The van der Waals surface area contributed by atoms with Gasteiger partial charge in [0, 0.05) is 26.3 Å². The van der Waals surface area contributed by atoms with Gasteiger partial charge in [-0.1, -0.05) is 164 Å². The molecule has 0 fully saturated rings. The third-order valence-electron chi connectivity index (χ3n) is 11.1. The Kier molecular flexibility index (Phi) is 9.02. The molecule has 9 aromatic carbocycles. The van der Waals surface area contributed by atoms with E-state index in [1.54, 1.807) is 11.3 Å². The quantitative estimate of drug-likeness (QED) is 0.140. The Morgan fingerprint density at radius 3 is 1.79 bits per heavy atom. The van der Waals surface area contributed by atoms with Crippen LogP contribution in [0.1, 0.15) is 5.56 Å². The molecule has 0 amide bonds. The SMILES string of the molecule is C=c1/c(=C\C=C/Cc2cccc(N(c3ccc(-c4ccccc4)cc3)c3ccc(-c4ccc5c(ccc6c7ccccc7ccc56)c4)cc3)c2)sc2ccccc12. The molecule has 1 nitrogen and oxygen atoms in total. The van der Waals surface area contributed by atoms with Crippen LogP contribution in [-0.4, -0.2) is 0 Å². The standard InChI is InChI=1S/C55H39NS/c1-38-49-18-8-10-21-55(49)57-54(38)20-9-5-12-39-13-11-17-48(36-39)56(46-29-22-41(23-30-46)40-14-3-2-4-15-40)47-31-24-42(25-32-47)44-27-33-51-45(37-44)28-35-52-50-19-7-6-16-43(50)26-34-53(51)52/h2-11,13-37H,1,12H2/b9-5-,54-20+. The van der Waals surface area contributed by atoms with Gasteiger partial charge in [-0.25, -0.2) is 0 Å². The fourth-order valence-corrected chi connectivity index (χ4v) is 9.19. The van der Waals surface area contributed by atoms with E-state index in [2.05, 4.69) is 224 Å². The third-order valence-corrected chi connectivity index (χ3v) is 12.2. The molecule has 0 unspecified atom stereocenters. The first-order valence-corrected chi connectivity index (χ1v) is 20.3. The summed E-state index contributed by atoms with van der Waals surface area (Å²) in [7, 11) is 0. The van der Waals surface area contributed by atoms with Crippen molar-refractivity contribution in [1.82, 2.24) is 0 Å². The van der Waals surface area contributed by atoms with Crippen molar-refractivity contribution in [3.63, 3.8) is 0 Å². The predicted molar refractivity (Wildman–Crippen MR) is 248 cm³/mol. The Labute approximate surface area is 337 Å². The van der Waals surface area contributed by atoms with Crippen molar-refractivity contribution < 1.29 is 0 Å². The van der Waals surface area contributed by atoms with Crippen LogP contribution in [-0.2, 0) is 6.42 Å². The minimum absolute atomic E-state index is 0.828. The van der Waals surface area contributed by atoms with Crippen molar-refractivity contribution in [2.75, 3.05) is 4.90 Å². The number of anilines is 3. The second-order valence-corrected chi connectivity index (χ2v) is 15.7. The minimum Gasteiger partial charge on any atom is -0.310 e. The predicted octanol–water partition coefficient (Wildman–Crippen LogP) is 14.2. The van der Waals surface area contributed by atoms with Gasteiger partial charge in [-0.05, 0) is 132 Å². The molecular weight excluding hydrogens is 707 g/mol. The Hall–Kier alpha value is -7.00. The minimum atomic E-state index is 0.828. The first-order chi connectivity index (χ1) is 28.2.